The molecule has 0 bridgehead atoms. The first kappa shape index (κ1) is 15.4. The maximum absolute atomic E-state index is 9.82. The lowest BCUT2D eigenvalue weighted by Gasteiger charge is -1.89. The van der Waals surface area contributed by atoms with E-state index in [1.165, 1.54) is 6.92 Å². The number of halogens is 1. The lowest BCUT2D eigenvalue weighted by Crippen LogP contribution is -1.95. The summed E-state index contributed by atoms with van der Waals surface area (Å²) in [5.41, 5.74) is 1.07. The summed E-state index contributed by atoms with van der Waals surface area (Å²) in [4.78, 5) is 13.8. The summed E-state index contributed by atoms with van der Waals surface area (Å²) in [7, 11) is 0. The highest BCUT2D eigenvalue weighted by Crippen LogP contribution is 1.86. The molecule has 1 aromatic rings. The van der Waals surface area contributed by atoms with Crippen LogP contribution in [0.15, 0.2) is 24.4 Å². The van der Waals surface area contributed by atoms with Crippen LogP contribution in [0.25, 0.3) is 0 Å². The molecule has 0 radical (unpaired) electrons. The van der Waals surface area contributed by atoms with E-state index >= 15 is 0 Å². The molecule has 0 unspecified atom stereocenters. The molecule has 1 aromatic heterocycles. The van der Waals surface area contributed by atoms with E-state index in [9.17, 15) is 4.79 Å². The number of ether oxygens (including phenoxy) is 1. The van der Waals surface area contributed by atoms with Crippen molar-refractivity contribution < 1.29 is 9.53 Å². The van der Waals surface area contributed by atoms with E-state index in [4.69, 9.17) is 0 Å². The summed E-state index contributed by atoms with van der Waals surface area (Å²) in [5, 5.41) is 0. The zero-order valence-electron chi connectivity index (χ0n) is 8.69. The largest absolute Gasteiger partial charge is 0.466 e. The Kier molecular flexibility index (Phi) is 11.0. The Morgan fingerprint density at radius 2 is 2.14 bits per heavy atom. The van der Waals surface area contributed by atoms with Gasteiger partial charge in [0, 0.05) is 18.8 Å². The summed E-state index contributed by atoms with van der Waals surface area (Å²) in [6.07, 6.45) is 1.79. The minimum absolute atomic E-state index is 0. The highest BCUT2D eigenvalue weighted by Gasteiger charge is 1.81. The van der Waals surface area contributed by atoms with Crippen LogP contribution in [0.2, 0.25) is 0 Å². The van der Waals surface area contributed by atoms with Crippen molar-refractivity contribution in [1.82, 2.24) is 4.98 Å². The second kappa shape index (κ2) is 9.99. The number of hydrogen-bond acceptors (Lipinski definition) is 3. The number of aromatic nitrogens is 1. The van der Waals surface area contributed by atoms with Gasteiger partial charge in [0.2, 0.25) is 0 Å². The maximum atomic E-state index is 9.82. The van der Waals surface area contributed by atoms with Gasteiger partial charge in [0.1, 0.15) is 0 Å². The maximum Gasteiger partial charge on any atom is 0.302 e. The molecule has 0 spiro atoms. The lowest BCUT2D eigenvalue weighted by atomic mass is 10.4. The highest BCUT2D eigenvalue weighted by molar-refractivity contribution is 5.85. The molecule has 3 nitrogen and oxygen atoms in total. The fourth-order valence-corrected chi connectivity index (χ4v) is 0.651. The molecule has 0 saturated carbocycles. The minimum atomic E-state index is -0.211. The average molecular weight is 218 g/mol. The van der Waals surface area contributed by atoms with E-state index in [1.807, 2.05) is 25.1 Å². The number of rotatable bonds is 1. The van der Waals surface area contributed by atoms with E-state index in [0.717, 1.165) is 5.69 Å². The molecule has 0 aromatic carbocycles. The molecule has 0 aliphatic carbocycles. The van der Waals surface area contributed by atoms with Crippen molar-refractivity contribution in [3.63, 3.8) is 0 Å². The molecule has 0 amide bonds. The molecule has 0 aliphatic rings. The molecule has 0 aliphatic heterocycles. The number of hydrogen-bond donors (Lipinski definition) is 0. The van der Waals surface area contributed by atoms with Gasteiger partial charge in [-0.3, -0.25) is 9.78 Å². The number of carbonyl (C=O) groups is 1. The fourth-order valence-electron chi connectivity index (χ4n) is 0.651. The van der Waals surface area contributed by atoms with Crippen molar-refractivity contribution >= 4 is 18.4 Å². The Morgan fingerprint density at radius 3 is 2.29 bits per heavy atom. The van der Waals surface area contributed by atoms with Crippen LogP contribution in [0.3, 0.4) is 0 Å². The van der Waals surface area contributed by atoms with Crippen molar-refractivity contribution in [2.75, 3.05) is 6.61 Å². The first-order chi connectivity index (χ1) is 6.16. The molecule has 14 heavy (non-hydrogen) atoms. The summed E-state index contributed by atoms with van der Waals surface area (Å²) in [6, 6.07) is 5.86. The minimum Gasteiger partial charge on any atom is -0.466 e. The normalized spacial score (nSPS) is 7.64. The van der Waals surface area contributed by atoms with Crippen LogP contribution >= 0.6 is 12.4 Å². The van der Waals surface area contributed by atoms with Gasteiger partial charge < -0.3 is 4.74 Å². The van der Waals surface area contributed by atoms with Gasteiger partial charge in [-0.05, 0) is 26.0 Å². The van der Waals surface area contributed by atoms with Crippen LogP contribution in [0.1, 0.15) is 19.5 Å². The molecular formula is C10H16ClNO2. The third-order valence-electron chi connectivity index (χ3n) is 1.16. The van der Waals surface area contributed by atoms with Gasteiger partial charge >= 0.3 is 5.97 Å². The smallest absolute Gasteiger partial charge is 0.302 e. The van der Waals surface area contributed by atoms with Crippen LogP contribution in [0.5, 0.6) is 0 Å². The Morgan fingerprint density at radius 1 is 1.50 bits per heavy atom. The van der Waals surface area contributed by atoms with Gasteiger partial charge in [-0.2, -0.15) is 0 Å². The molecule has 0 N–H and O–H groups in total. The SMILES string of the molecule is CCOC(C)=O.Cc1ccccn1.Cl. The molecule has 0 atom stereocenters. The first-order valence-corrected chi connectivity index (χ1v) is 4.17. The van der Waals surface area contributed by atoms with Gasteiger partial charge in [0.15, 0.2) is 0 Å². The first-order valence-electron chi connectivity index (χ1n) is 4.17. The van der Waals surface area contributed by atoms with Crippen molar-refractivity contribution in [3.05, 3.63) is 30.1 Å². The van der Waals surface area contributed by atoms with Crippen LogP contribution < -0.4 is 0 Å². The Labute approximate surface area is 90.9 Å². The summed E-state index contributed by atoms with van der Waals surface area (Å²) in [6.45, 7) is 5.63. The van der Waals surface area contributed by atoms with Crippen LogP contribution in [-0.4, -0.2) is 17.6 Å². The third kappa shape index (κ3) is 10.9. The monoisotopic (exact) mass is 217 g/mol. The van der Waals surface area contributed by atoms with Crippen molar-refractivity contribution in [2.45, 2.75) is 20.8 Å². The highest BCUT2D eigenvalue weighted by atomic mass is 35.5. The van der Waals surface area contributed by atoms with E-state index in [0.29, 0.717) is 6.61 Å². The molecule has 0 fully saturated rings. The predicted octanol–water partition coefficient (Wildman–Crippen LogP) is 2.38. The molecule has 0 saturated heterocycles. The summed E-state index contributed by atoms with van der Waals surface area (Å²) >= 11 is 0. The number of nitrogens with zero attached hydrogens (tertiary/aromatic N) is 1. The summed E-state index contributed by atoms with van der Waals surface area (Å²) < 4.78 is 4.40. The standard InChI is InChI=1S/C6H7N.C4H8O2.ClH/c1-6-4-2-3-5-7-6;1-3-6-4(2)5;/h2-5H,1H3;3H2,1-2H3;1H. The molecule has 1 rings (SSSR count). The molecule has 80 valence electrons. The number of esters is 1. The molecule has 4 heteroatoms. The average Bonchev–Trinajstić information content (AvgIpc) is 2.06. The van der Waals surface area contributed by atoms with Crippen molar-refractivity contribution in [1.29, 1.82) is 0 Å². The Bertz CT molecular complexity index is 239. The summed E-state index contributed by atoms with van der Waals surface area (Å²) in [5.74, 6) is -0.211. The van der Waals surface area contributed by atoms with E-state index < -0.39 is 0 Å². The van der Waals surface area contributed by atoms with Gasteiger partial charge in [-0.25, -0.2) is 0 Å². The zero-order chi connectivity index (χ0) is 10.1. The molecular weight excluding hydrogens is 202 g/mol. The second-order valence-corrected chi connectivity index (χ2v) is 2.40. The van der Waals surface area contributed by atoms with Crippen molar-refractivity contribution in [2.24, 2.45) is 0 Å². The predicted molar refractivity (Wildman–Crippen MR) is 58.5 cm³/mol. The Balaban J connectivity index is 0. The Hall–Kier alpha value is -1.09. The van der Waals surface area contributed by atoms with E-state index in [2.05, 4.69) is 9.72 Å². The van der Waals surface area contributed by atoms with Gasteiger partial charge in [-0.15, -0.1) is 12.4 Å². The van der Waals surface area contributed by atoms with Crippen LogP contribution in [0.4, 0.5) is 0 Å². The van der Waals surface area contributed by atoms with Crippen molar-refractivity contribution in [3.8, 4) is 0 Å². The molecule has 1 heterocycles. The second-order valence-electron chi connectivity index (χ2n) is 2.40. The number of aryl methyl sites for hydroxylation is 1. The van der Waals surface area contributed by atoms with Gasteiger partial charge in [-0.1, -0.05) is 6.07 Å². The van der Waals surface area contributed by atoms with Crippen LogP contribution in [0, 0.1) is 6.92 Å². The van der Waals surface area contributed by atoms with E-state index in [-0.39, 0.29) is 18.4 Å². The van der Waals surface area contributed by atoms with E-state index in [1.54, 1.807) is 13.1 Å². The quantitative estimate of drug-likeness (QED) is 0.678. The number of pyridine rings is 1. The van der Waals surface area contributed by atoms with Gasteiger partial charge in [0.05, 0.1) is 6.61 Å². The topological polar surface area (TPSA) is 39.2 Å². The van der Waals surface area contributed by atoms with Gasteiger partial charge in [0.25, 0.3) is 0 Å². The zero-order valence-corrected chi connectivity index (χ0v) is 9.50. The number of carbonyl (C=O) groups excluding carboxylic acids is 1. The lowest BCUT2D eigenvalue weighted by molar-refractivity contribution is -0.140. The van der Waals surface area contributed by atoms with Crippen LogP contribution in [-0.2, 0) is 9.53 Å². The third-order valence-corrected chi connectivity index (χ3v) is 1.16. The fraction of sp³-hybridized carbons (Fsp3) is 0.400.